The molecule has 2 rings (SSSR count). The highest BCUT2D eigenvalue weighted by Gasteiger charge is 2.10. The average Bonchev–Trinajstić information content (AvgIpc) is 2.45. The Morgan fingerprint density at radius 1 is 1.46 bits per heavy atom. The molecule has 0 aliphatic rings. The van der Waals surface area contributed by atoms with Gasteiger partial charge in [0, 0.05) is 13.1 Å². The van der Waals surface area contributed by atoms with E-state index in [0.29, 0.717) is 5.69 Å². The maximum atomic E-state index is 11.2. The zero-order valence-corrected chi connectivity index (χ0v) is 7.61. The predicted molar refractivity (Wildman–Crippen MR) is 49.9 cm³/mol. The molecule has 0 unspecified atom stereocenters. The molecule has 0 fully saturated rings. The fourth-order valence-corrected chi connectivity index (χ4v) is 1.45. The third-order valence-electron chi connectivity index (χ3n) is 2.10. The Morgan fingerprint density at radius 3 is 2.85 bits per heavy atom. The molecule has 3 nitrogen and oxygen atoms in total. The van der Waals surface area contributed by atoms with E-state index in [0.717, 1.165) is 11.3 Å². The van der Waals surface area contributed by atoms with Crippen molar-refractivity contribution in [2.45, 2.75) is 13.8 Å². The summed E-state index contributed by atoms with van der Waals surface area (Å²) in [7, 11) is 0. The number of fused-ring (bicyclic) bond motifs is 1. The minimum atomic E-state index is 0.0150. The SMILES string of the molecule is CC(=O)c1nc2ccccn2c1C. The van der Waals surface area contributed by atoms with Gasteiger partial charge in [-0.05, 0) is 19.1 Å². The monoisotopic (exact) mass is 174 g/mol. The van der Waals surface area contributed by atoms with E-state index in [4.69, 9.17) is 0 Å². The summed E-state index contributed by atoms with van der Waals surface area (Å²) in [6.07, 6.45) is 1.91. The number of aryl methyl sites for hydroxylation is 1. The van der Waals surface area contributed by atoms with Crippen LogP contribution in [0.15, 0.2) is 24.4 Å². The second-order valence-electron chi connectivity index (χ2n) is 3.03. The summed E-state index contributed by atoms with van der Waals surface area (Å²) in [5, 5.41) is 0. The van der Waals surface area contributed by atoms with Crippen LogP contribution < -0.4 is 0 Å². The molecule has 0 atom stereocenters. The lowest BCUT2D eigenvalue weighted by Crippen LogP contribution is -1.95. The molecule has 2 aromatic heterocycles. The fourth-order valence-electron chi connectivity index (χ4n) is 1.45. The summed E-state index contributed by atoms with van der Waals surface area (Å²) in [5.74, 6) is 0.0150. The number of rotatable bonds is 1. The van der Waals surface area contributed by atoms with Gasteiger partial charge >= 0.3 is 0 Å². The summed E-state index contributed by atoms with van der Waals surface area (Å²) in [5.41, 5.74) is 2.29. The van der Waals surface area contributed by atoms with E-state index >= 15 is 0 Å². The first-order chi connectivity index (χ1) is 6.20. The number of Topliss-reactive ketones (excluding diaryl/α,β-unsaturated/α-hetero) is 1. The van der Waals surface area contributed by atoms with Gasteiger partial charge in [-0.2, -0.15) is 0 Å². The molecule has 13 heavy (non-hydrogen) atoms. The Labute approximate surface area is 76.0 Å². The summed E-state index contributed by atoms with van der Waals surface area (Å²) in [6.45, 7) is 3.44. The van der Waals surface area contributed by atoms with Crippen molar-refractivity contribution in [3.05, 3.63) is 35.8 Å². The minimum absolute atomic E-state index is 0.0150. The van der Waals surface area contributed by atoms with Crippen molar-refractivity contribution in [1.82, 2.24) is 9.38 Å². The molecule has 2 heterocycles. The van der Waals surface area contributed by atoms with Crippen molar-refractivity contribution in [3.8, 4) is 0 Å². The van der Waals surface area contributed by atoms with Crippen molar-refractivity contribution in [2.24, 2.45) is 0 Å². The van der Waals surface area contributed by atoms with Crippen LogP contribution in [0.5, 0.6) is 0 Å². The lowest BCUT2D eigenvalue weighted by molar-refractivity contribution is 0.101. The molecule has 0 radical (unpaired) electrons. The zero-order valence-electron chi connectivity index (χ0n) is 7.61. The molecular formula is C10H10N2O. The topological polar surface area (TPSA) is 34.4 Å². The number of pyridine rings is 1. The van der Waals surface area contributed by atoms with Crippen LogP contribution in [0.1, 0.15) is 23.1 Å². The van der Waals surface area contributed by atoms with Gasteiger partial charge in [-0.3, -0.25) is 4.79 Å². The van der Waals surface area contributed by atoms with Crippen molar-refractivity contribution in [2.75, 3.05) is 0 Å². The molecule has 0 aliphatic carbocycles. The summed E-state index contributed by atoms with van der Waals surface area (Å²) >= 11 is 0. The van der Waals surface area contributed by atoms with E-state index in [9.17, 15) is 4.79 Å². The van der Waals surface area contributed by atoms with Gasteiger partial charge in [0.05, 0.1) is 5.69 Å². The normalized spacial score (nSPS) is 10.6. The van der Waals surface area contributed by atoms with Crippen LogP contribution in [-0.2, 0) is 0 Å². The number of hydrogen-bond donors (Lipinski definition) is 0. The summed E-state index contributed by atoms with van der Waals surface area (Å²) in [4.78, 5) is 15.4. The van der Waals surface area contributed by atoms with Crippen molar-refractivity contribution >= 4 is 11.4 Å². The maximum Gasteiger partial charge on any atom is 0.179 e. The van der Waals surface area contributed by atoms with Gasteiger partial charge in [0.1, 0.15) is 11.3 Å². The first kappa shape index (κ1) is 7.98. The highest BCUT2D eigenvalue weighted by Crippen LogP contribution is 2.11. The number of aromatic nitrogens is 2. The second-order valence-corrected chi connectivity index (χ2v) is 3.03. The third kappa shape index (κ3) is 1.13. The molecule has 0 saturated heterocycles. The Morgan fingerprint density at radius 2 is 2.23 bits per heavy atom. The molecule has 3 heteroatoms. The van der Waals surface area contributed by atoms with E-state index in [2.05, 4.69) is 4.98 Å². The van der Waals surface area contributed by atoms with Crippen LogP contribution in [-0.4, -0.2) is 15.2 Å². The largest absolute Gasteiger partial charge is 0.304 e. The maximum absolute atomic E-state index is 11.2. The number of ketones is 1. The van der Waals surface area contributed by atoms with Crippen LogP contribution >= 0.6 is 0 Å². The van der Waals surface area contributed by atoms with Crippen molar-refractivity contribution in [3.63, 3.8) is 0 Å². The third-order valence-corrected chi connectivity index (χ3v) is 2.10. The number of imidazole rings is 1. The van der Waals surface area contributed by atoms with Crippen LogP contribution in [0.3, 0.4) is 0 Å². The first-order valence-electron chi connectivity index (χ1n) is 4.15. The number of nitrogens with zero attached hydrogens (tertiary/aromatic N) is 2. The molecule has 0 N–H and O–H groups in total. The molecule has 0 saturated carbocycles. The van der Waals surface area contributed by atoms with Gasteiger partial charge in [0.25, 0.3) is 0 Å². The van der Waals surface area contributed by atoms with E-state index in [1.54, 1.807) is 0 Å². The number of carbonyl (C=O) groups excluding carboxylic acids is 1. The van der Waals surface area contributed by atoms with Gasteiger partial charge in [0.15, 0.2) is 5.78 Å². The van der Waals surface area contributed by atoms with Crippen molar-refractivity contribution in [1.29, 1.82) is 0 Å². The molecule has 0 aliphatic heterocycles. The zero-order chi connectivity index (χ0) is 9.42. The summed E-state index contributed by atoms with van der Waals surface area (Å²) in [6, 6.07) is 5.72. The van der Waals surface area contributed by atoms with Gasteiger partial charge in [-0.25, -0.2) is 4.98 Å². The Balaban J connectivity index is 2.81. The van der Waals surface area contributed by atoms with E-state index in [1.165, 1.54) is 6.92 Å². The van der Waals surface area contributed by atoms with Crippen molar-refractivity contribution < 1.29 is 4.79 Å². The number of carbonyl (C=O) groups is 1. The minimum Gasteiger partial charge on any atom is -0.304 e. The number of hydrogen-bond acceptors (Lipinski definition) is 2. The van der Waals surface area contributed by atoms with Crippen LogP contribution in [0.2, 0.25) is 0 Å². The van der Waals surface area contributed by atoms with E-state index < -0.39 is 0 Å². The van der Waals surface area contributed by atoms with Gasteiger partial charge in [-0.1, -0.05) is 6.07 Å². The van der Waals surface area contributed by atoms with Crippen LogP contribution in [0.25, 0.3) is 5.65 Å². The molecule has 0 aromatic carbocycles. The average molecular weight is 174 g/mol. The second kappa shape index (κ2) is 2.69. The molecular weight excluding hydrogens is 164 g/mol. The van der Waals surface area contributed by atoms with Gasteiger partial charge < -0.3 is 4.40 Å². The quantitative estimate of drug-likeness (QED) is 0.618. The smallest absolute Gasteiger partial charge is 0.179 e. The standard InChI is InChI=1S/C10H10N2O/c1-7-10(8(2)13)11-9-5-3-4-6-12(7)9/h3-6H,1-2H3. The Kier molecular flexibility index (Phi) is 1.65. The summed E-state index contributed by atoms with van der Waals surface area (Å²) < 4.78 is 1.91. The first-order valence-corrected chi connectivity index (χ1v) is 4.15. The molecule has 2 aromatic rings. The molecule has 0 spiro atoms. The van der Waals surface area contributed by atoms with Gasteiger partial charge in [-0.15, -0.1) is 0 Å². The van der Waals surface area contributed by atoms with Crippen LogP contribution in [0, 0.1) is 6.92 Å². The molecule has 66 valence electrons. The van der Waals surface area contributed by atoms with E-state index in [-0.39, 0.29) is 5.78 Å². The Hall–Kier alpha value is -1.64. The molecule has 0 bridgehead atoms. The van der Waals surface area contributed by atoms with E-state index in [1.807, 2.05) is 35.7 Å². The van der Waals surface area contributed by atoms with Gasteiger partial charge in [0.2, 0.25) is 0 Å². The highest BCUT2D eigenvalue weighted by molar-refractivity contribution is 5.94. The highest BCUT2D eigenvalue weighted by atomic mass is 16.1. The fraction of sp³-hybridized carbons (Fsp3) is 0.200. The lowest BCUT2D eigenvalue weighted by atomic mass is 10.3. The predicted octanol–water partition coefficient (Wildman–Crippen LogP) is 1.85. The molecule has 0 amide bonds. The Bertz CT molecular complexity index is 471. The lowest BCUT2D eigenvalue weighted by Gasteiger charge is -1.93. The van der Waals surface area contributed by atoms with Crippen LogP contribution in [0.4, 0.5) is 0 Å².